The van der Waals surface area contributed by atoms with Crippen molar-refractivity contribution in [2.24, 2.45) is 0 Å². The molecule has 14 nitrogen and oxygen atoms in total. The number of carbonyl (C=O) groups excluding carboxylic acids is 5. The highest BCUT2D eigenvalue weighted by Gasteiger charge is 2.45. The molecule has 5 N–H and O–H groups in total. The van der Waals surface area contributed by atoms with Crippen LogP contribution in [0.4, 0.5) is 17.2 Å². The van der Waals surface area contributed by atoms with Crippen molar-refractivity contribution in [3.05, 3.63) is 59.7 Å². The molecule has 1 aromatic heterocycles. The van der Waals surface area contributed by atoms with E-state index in [-0.39, 0.29) is 47.7 Å². The molecule has 0 aliphatic carbocycles. The smallest absolute Gasteiger partial charge is 0.264 e. The molecule has 1 atom stereocenters. The number of carbonyl (C=O) groups is 5. The van der Waals surface area contributed by atoms with Crippen molar-refractivity contribution in [2.75, 3.05) is 48.7 Å². The molecule has 3 aliphatic rings. The van der Waals surface area contributed by atoms with Crippen molar-refractivity contribution in [3.8, 4) is 17.0 Å². The Morgan fingerprint density at radius 2 is 1.73 bits per heavy atom. The molecule has 232 valence electrons. The van der Waals surface area contributed by atoms with Crippen LogP contribution >= 0.6 is 0 Å². The second-order valence-corrected chi connectivity index (χ2v) is 11.2. The van der Waals surface area contributed by atoms with Crippen LogP contribution in [-0.4, -0.2) is 93.4 Å². The highest BCUT2D eigenvalue weighted by molar-refractivity contribution is 6.26. The van der Waals surface area contributed by atoms with Crippen molar-refractivity contribution in [1.82, 2.24) is 25.3 Å². The van der Waals surface area contributed by atoms with Crippen molar-refractivity contribution in [2.45, 2.75) is 31.7 Å². The average Bonchev–Trinajstić information content (AvgIpc) is 3.28. The molecule has 0 spiro atoms. The Morgan fingerprint density at radius 3 is 2.49 bits per heavy atom. The summed E-state index contributed by atoms with van der Waals surface area (Å²) in [5.74, 6) is -2.30. The SMILES string of the molecule is Nc1nnc(-c2ccccc2O)cc1N1CCN(CCCC(=O)Nc2cccc3c2C(=O)N(C2CCC(=O)NC2=O)C3=O)CC1. The summed E-state index contributed by atoms with van der Waals surface area (Å²) in [6, 6.07) is 12.3. The number of anilines is 3. The molecule has 2 fully saturated rings. The number of para-hydroxylation sites is 1. The molecule has 5 amide bonds. The normalized spacial score (nSPS) is 18.6. The number of nitrogens with zero attached hydrogens (tertiary/aromatic N) is 5. The highest BCUT2D eigenvalue weighted by atomic mass is 16.3. The summed E-state index contributed by atoms with van der Waals surface area (Å²) >= 11 is 0. The summed E-state index contributed by atoms with van der Waals surface area (Å²) in [5.41, 5.74) is 8.38. The van der Waals surface area contributed by atoms with Gasteiger partial charge in [0.15, 0.2) is 5.82 Å². The molecule has 3 aliphatic heterocycles. The first-order valence-corrected chi connectivity index (χ1v) is 14.7. The number of piperidine rings is 1. The number of fused-ring (bicyclic) bond motifs is 1. The maximum atomic E-state index is 13.3. The van der Waals surface area contributed by atoms with E-state index in [1.165, 1.54) is 6.07 Å². The van der Waals surface area contributed by atoms with E-state index in [9.17, 15) is 29.1 Å². The zero-order chi connectivity index (χ0) is 31.7. The van der Waals surface area contributed by atoms with Crippen molar-refractivity contribution < 1.29 is 29.1 Å². The monoisotopic (exact) mass is 612 g/mol. The number of hydrogen-bond acceptors (Lipinski definition) is 11. The van der Waals surface area contributed by atoms with Crippen LogP contribution in [0, 0.1) is 0 Å². The molecule has 14 heteroatoms. The fourth-order valence-electron chi connectivity index (χ4n) is 5.97. The Balaban J connectivity index is 1.01. The van der Waals surface area contributed by atoms with E-state index in [0.29, 0.717) is 43.1 Å². The fourth-order valence-corrected chi connectivity index (χ4v) is 5.97. The van der Waals surface area contributed by atoms with Crippen molar-refractivity contribution in [3.63, 3.8) is 0 Å². The maximum Gasteiger partial charge on any atom is 0.264 e. The Hall–Kier alpha value is -5.37. The molecule has 2 saturated heterocycles. The number of phenols is 1. The molecular weight excluding hydrogens is 580 g/mol. The molecule has 6 rings (SSSR count). The van der Waals surface area contributed by atoms with Crippen LogP contribution in [0.5, 0.6) is 5.75 Å². The zero-order valence-electron chi connectivity index (χ0n) is 24.4. The number of nitrogens with one attached hydrogen (secondary N) is 2. The Morgan fingerprint density at radius 1 is 0.978 bits per heavy atom. The molecule has 3 aromatic rings. The summed E-state index contributed by atoms with van der Waals surface area (Å²) in [5, 5.41) is 23.4. The van der Waals surface area contributed by atoms with E-state index in [1.807, 2.05) is 12.1 Å². The van der Waals surface area contributed by atoms with Gasteiger partial charge in [-0.3, -0.25) is 39.1 Å². The van der Waals surface area contributed by atoms with Gasteiger partial charge in [0.1, 0.15) is 11.8 Å². The van der Waals surface area contributed by atoms with Gasteiger partial charge >= 0.3 is 0 Å². The van der Waals surface area contributed by atoms with Crippen LogP contribution in [0.15, 0.2) is 48.5 Å². The van der Waals surface area contributed by atoms with E-state index >= 15 is 0 Å². The van der Waals surface area contributed by atoms with E-state index in [2.05, 4.69) is 30.6 Å². The number of benzene rings is 2. The third-order valence-electron chi connectivity index (χ3n) is 8.31. The second kappa shape index (κ2) is 12.3. The van der Waals surface area contributed by atoms with Gasteiger partial charge in [0, 0.05) is 44.6 Å². The number of nitrogen functional groups attached to an aromatic ring is 1. The number of rotatable bonds is 8. The highest BCUT2D eigenvalue weighted by Crippen LogP contribution is 2.33. The Kier molecular flexibility index (Phi) is 8.13. The largest absolute Gasteiger partial charge is 0.507 e. The first kappa shape index (κ1) is 29.7. The Labute approximate surface area is 258 Å². The number of hydrogen-bond donors (Lipinski definition) is 4. The minimum Gasteiger partial charge on any atom is -0.507 e. The van der Waals surface area contributed by atoms with Gasteiger partial charge in [-0.25, -0.2) is 0 Å². The first-order chi connectivity index (χ1) is 21.7. The number of nitrogens with two attached hydrogens (primary N) is 1. The molecule has 0 saturated carbocycles. The van der Waals surface area contributed by atoms with Crippen LogP contribution in [0.2, 0.25) is 0 Å². The minimum atomic E-state index is -1.08. The van der Waals surface area contributed by atoms with E-state index in [4.69, 9.17) is 5.73 Å². The lowest BCUT2D eigenvalue weighted by atomic mass is 10.0. The quantitative estimate of drug-likeness (QED) is 0.269. The molecule has 1 unspecified atom stereocenters. The average molecular weight is 613 g/mol. The van der Waals surface area contributed by atoms with E-state index in [0.717, 1.165) is 23.7 Å². The summed E-state index contributed by atoms with van der Waals surface area (Å²) in [4.78, 5) is 68.3. The van der Waals surface area contributed by atoms with Gasteiger partial charge in [-0.1, -0.05) is 18.2 Å². The van der Waals surface area contributed by atoms with Crippen LogP contribution in [-0.2, 0) is 14.4 Å². The third-order valence-corrected chi connectivity index (χ3v) is 8.31. The van der Waals surface area contributed by atoms with Gasteiger partial charge in [-0.15, -0.1) is 10.2 Å². The fraction of sp³-hybridized carbons (Fsp3) is 0.323. The second-order valence-electron chi connectivity index (χ2n) is 11.2. The van der Waals surface area contributed by atoms with Crippen LogP contribution < -0.4 is 21.3 Å². The van der Waals surface area contributed by atoms with Crippen LogP contribution in [0.3, 0.4) is 0 Å². The van der Waals surface area contributed by atoms with Crippen LogP contribution in [0.1, 0.15) is 46.4 Å². The standard InChI is InChI=1S/C31H32N8O6/c32-28-23(17-21(35-36-28)18-5-1-2-8-24(18)40)38-15-13-37(14-16-38)12-4-9-25(41)33-20-7-3-6-19-27(20)31(45)39(30(19)44)22-10-11-26(42)34-29(22)43/h1-3,5-8,17,22,40H,4,9-16H2,(H2,32,36)(H,33,41)(H,34,42,43). The number of piperazine rings is 1. The van der Waals surface area contributed by atoms with Gasteiger partial charge in [-0.05, 0) is 49.7 Å². The lowest BCUT2D eigenvalue weighted by molar-refractivity contribution is -0.136. The van der Waals surface area contributed by atoms with Gasteiger partial charge in [0.05, 0.1) is 28.2 Å². The van der Waals surface area contributed by atoms with Crippen molar-refractivity contribution in [1.29, 1.82) is 0 Å². The topological polar surface area (TPSA) is 191 Å². The van der Waals surface area contributed by atoms with Crippen molar-refractivity contribution >= 4 is 46.7 Å². The number of amides is 5. The predicted molar refractivity (Wildman–Crippen MR) is 163 cm³/mol. The predicted octanol–water partition coefficient (Wildman–Crippen LogP) is 1.37. The maximum absolute atomic E-state index is 13.3. The summed E-state index contributed by atoms with van der Waals surface area (Å²) in [7, 11) is 0. The lowest BCUT2D eigenvalue weighted by Crippen LogP contribution is -2.54. The van der Waals surface area contributed by atoms with Gasteiger partial charge < -0.3 is 21.1 Å². The molecule has 2 aromatic carbocycles. The molecule has 4 heterocycles. The molecule has 45 heavy (non-hydrogen) atoms. The first-order valence-electron chi connectivity index (χ1n) is 14.7. The van der Waals surface area contributed by atoms with Gasteiger partial charge in [-0.2, -0.15) is 0 Å². The Bertz CT molecular complexity index is 1700. The summed E-state index contributed by atoms with van der Waals surface area (Å²) in [6.07, 6.45) is 0.858. The summed E-state index contributed by atoms with van der Waals surface area (Å²) in [6.45, 7) is 3.56. The van der Waals surface area contributed by atoms with E-state index < -0.39 is 29.7 Å². The zero-order valence-corrected chi connectivity index (χ0v) is 24.4. The molecular formula is C31H32N8O6. The number of phenolic OH excluding ortho intramolecular Hbond substituents is 1. The summed E-state index contributed by atoms with van der Waals surface area (Å²) < 4.78 is 0. The lowest BCUT2D eigenvalue weighted by Gasteiger charge is -2.36. The van der Waals surface area contributed by atoms with Crippen LogP contribution in [0.25, 0.3) is 11.3 Å². The van der Waals surface area contributed by atoms with E-state index in [1.54, 1.807) is 30.3 Å². The molecule has 0 radical (unpaired) electrons. The molecule has 0 bridgehead atoms. The number of imide groups is 2. The minimum absolute atomic E-state index is 0.0258. The third kappa shape index (κ3) is 5.91. The van der Waals surface area contributed by atoms with Gasteiger partial charge in [0.25, 0.3) is 11.8 Å². The van der Waals surface area contributed by atoms with Gasteiger partial charge in [0.2, 0.25) is 17.7 Å². The number of aromatic nitrogens is 2. The number of aromatic hydroxyl groups is 1.